The van der Waals surface area contributed by atoms with Gasteiger partial charge in [0, 0.05) is 18.5 Å². The molecule has 0 spiro atoms. The first-order valence-corrected chi connectivity index (χ1v) is 7.74. The van der Waals surface area contributed by atoms with Crippen molar-refractivity contribution in [1.82, 2.24) is 0 Å². The van der Waals surface area contributed by atoms with E-state index in [2.05, 4.69) is 34.2 Å². The number of rotatable bonds is 3. The molecule has 1 aliphatic rings. The minimum Gasteiger partial charge on any atom is -0.465 e. The number of amides is 1. The molecule has 1 atom stereocenters. The topological polar surface area (TPSA) is 42.2 Å². The molecule has 4 heteroatoms. The molecule has 0 radical (unpaired) electrons. The molecule has 3 nitrogen and oxygen atoms in total. The molecule has 0 bridgehead atoms. The van der Waals surface area contributed by atoms with E-state index in [9.17, 15) is 4.79 Å². The van der Waals surface area contributed by atoms with Crippen molar-refractivity contribution in [2.24, 2.45) is 0 Å². The third kappa shape index (κ3) is 2.52. The maximum absolute atomic E-state index is 11.4. The molecule has 0 saturated carbocycles. The van der Waals surface area contributed by atoms with Crippen molar-refractivity contribution in [3.63, 3.8) is 0 Å². The maximum atomic E-state index is 11.4. The van der Waals surface area contributed by atoms with E-state index < -0.39 is 0 Å². The van der Waals surface area contributed by atoms with Crippen molar-refractivity contribution in [1.29, 1.82) is 0 Å². The summed E-state index contributed by atoms with van der Waals surface area (Å²) >= 11 is 3.70. The van der Waals surface area contributed by atoms with Crippen LogP contribution in [0.5, 0.6) is 0 Å². The van der Waals surface area contributed by atoms with E-state index in [0.717, 1.165) is 35.6 Å². The minimum absolute atomic E-state index is 0.0470. The monoisotopic (exact) mass is 333 g/mol. The highest BCUT2D eigenvalue weighted by Gasteiger charge is 2.19. The van der Waals surface area contributed by atoms with E-state index >= 15 is 0 Å². The van der Waals surface area contributed by atoms with Crippen LogP contribution in [0.3, 0.4) is 0 Å². The summed E-state index contributed by atoms with van der Waals surface area (Å²) in [4.78, 5) is 11.4. The Labute approximate surface area is 126 Å². The smallest absolute Gasteiger partial charge is 0.224 e. The van der Waals surface area contributed by atoms with E-state index in [-0.39, 0.29) is 10.7 Å². The first kappa shape index (κ1) is 13.4. The molecular formula is C16H16BrNO2. The van der Waals surface area contributed by atoms with Crippen LogP contribution in [0.4, 0.5) is 5.69 Å². The summed E-state index contributed by atoms with van der Waals surface area (Å²) in [6.07, 6.45) is 2.26. The third-order valence-corrected chi connectivity index (χ3v) is 4.58. The molecule has 3 rings (SSSR count). The number of hydrogen-bond donors (Lipinski definition) is 1. The Morgan fingerprint density at radius 3 is 2.90 bits per heavy atom. The Morgan fingerprint density at radius 2 is 2.15 bits per heavy atom. The van der Waals surface area contributed by atoms with Crippen LogP contribution in [0.2, 0.25) is 0 Å². The fraction of sp³-hybridized carbons (Fsp3) is 0.312. The fourth-order valence-electron chi connectivity index (χ4n) is 2.45. The lowest BCUT2D eigenvalue weighted by Gasteiger charge is -2.18. The second-order valence-corrected chi connectivity index (χ2v) is 5.90. The van der Waals surface area contributed by atoms with Gasteiger partial charge in [-0.2, -0.15) is 0 Å². The quantitative estimate of drug-likeness (QED) is 0.855. The molecule has 1 unspecified atom stereocenters. The molecule has 1 N–H and O–H groups in total. The van der Waals surface area contributed by atoms with Gasteiger partial charge in [-0.25, -0.2) is 0 Å². The Morgan fingerprint density at radius 1 is 1.30 bits per heavy atom. The number of carbonyl (C=O) groups is 1. The van der Waals surface area contributed by atoms with Gasteiger partial charge in [-0.15, -0.1) is 0 Å². The third-order valence-electron chi connectivity index (χ3n) is 3.60. The van der Waals surface area contributed by atoms with Gasteiger partial charge in [0.1, 0.15) is 11.5 Å². The van der Waals surface area contributed by atoms with Gasteiger partial charge >= 0.3 is 0 Å². The predicted molar refractivity (Wildman–Crippen MR) is 82.2 cm³/mol. The molecule has 1 aromatic heterocycles. The number of fused-ring (bicyclic) bond motifs is 1. The number of benzene rings is 1. The Hall–Kier alpha value is -1.55. The van der Waals surface area contributed by atoms with Gasteiger partial charge in [0.2, 0.25) is 5.91 Å². The number of halogens is 1. The molecule has 1 amide bonds. The molecule has 1 aromatic carbocycles. The minimum atomic E-state index is 0.0470. The van der Waals surface area contributed by atoms with Crippen molar-refractivity contribution in [2.45, 2.75) is 31.0 Å². The highest BCUT2D eigenvalue weighted by atomic mass is 79.9. The first-order valence-electron chi connectivity index (χ1n) is 6.82. The zero-order chi connectivity index (χ0) is 14.1. The van der Waals surface area contributed by atoms with Crippen LogP contribution in [0.1, 0.15) is 40.8 Å². The van der Waals surface area contributed by atoms with Gasteiger partial charge in [-0.3, -0.25) is 4.79 Å². The Bertz CT molecular complexity index is 648. The van der Waals surface area contributed by atoms with Gasteiger partial charge in [-0.05, 0) is 35.7 Å². The zero-order valence-corrected chi connectivity index (χ0v) is 12.9. The largest absolute Gasteiger partial charge is 0.465 e. The summed E-state index contributed by atoms with van der Waals surface area (Å²) in [7, 11) is 0. The van der Waals surface area contributed by atoms with Crippen LogP contribution in [-0.4, -0.2) is 5.91 Å². The van der Waals surface area contributed by atoms with Crippen LogP contribution in [0.15, 0.2) is 34.7 Å². The molecule has 2 aromatic rings. The number of carbonyl (C=O) groups excluding carboxylic acids is 1. The molecule has 0 fully saturated rings. The number of nitrogens with one attached hydrogen (secondary N) is 1. The Balaban J connectivity index is 1.88. The number of hydrogen-bond acceptors (Lipinski definition) is 2. The number of aryl methyl sites for hydroxylation is 2. The van der Waals surface area contributed by atoms with Crippen molar-refractivity contribution < 1.29 is 9.21 Å². The summed E-state index contributed by atoms with van der Waals surface area (Å²) in [6.45, 7) is 2.08. The highest BCUT2D eigenvalue weighted by molar-refractivity contribution is 9.09. The first-order chi connectivity index (χ1) is 9.67. The summed E-state index contributed by atoms with van der Waals surface area (Å²) in [6, 6.07) is 10.2. The standard InChI is InChI=1S/C16H16BrNO2/c1-2-12-5-7-14(20-12)16(17)11-3-6-13-10(9-11)4-8-15(19)18-13/h3,5-7,9,16H,2,4,8H2,1H3,(H,18,19). The fourth-order valence-corrected chi connectivity index (χ4v) is 2.98. The van der Waals surface area contributed by atoms with E-state index in [1.807, 2.05) is 24.3 Å². The molecule has 0 saturated heterocycles. The van der Waals surface area contributed by atoms with Crippen LogP contribution in [0, 0.1) is 0 Å². The second-order valence-electron chi connectivity index (χ2n) is 4.98. The maximum Gasteiger partial charge on any atom is 0.224 e. The number of furan rings is 1. The molecule has 1 aliphatic heterocycles. The SMILES string of the molecule is CCc1ccc(C(Br)c2ccc3c(c2)CCC(=O)N3)o1. The summed E-state index contributed by atoms with van der Waals surface area (Å²) < 4.78 is 5.79. The highest BCUT2D eigenvalue weighted by Crippen LogP contribution is 2.35. The van der Waals surface area contributed by atoms with Crippen LogP contribution >= 0.6 is 15.9 Å². The summed E-state index contributed by atoms with van der Waals surface area (Å²) in [5.41, 5.74) is 3.27. The lowest BCUT2D eigenvalue weighted by atomic mass is 9.99. The average Bonchev–Trinajstić information content (AvgIpc) is 2.95. The number of anilines is 1. The summed E-state index contributed by atoms with van der Waals surface area (Å²) in [5, 5.41) is 2.90. The lowest BCUT2D eigenvalue weighted by Crippen LogP contribution is -2.19. The van der Waals surface area contributed by atoms with Crippen molar-refractivity contribution in [3.8, 4) is 0 Å². The number of alkyl halides is 1. The lowest BCUT2D eigenvalue weighted by molar-refractivity contribution is -0.116. The second kappa shape index (κ2) is 5.44. The normalized spacial score (nSPS) is 15.6. The van der Waals surface area contributed by atoms with Gasteiger partial charge in [0.25, 0.3) is 0 Å². The van der Waals surface area contributed by atoms with Crippen molar-refractivity contribution in [2.75, 3.05) is 5.32 Å². The molecule has 0 aliphatic carbocycles. The average molecular weight is 334 g/mol. The molecular weight excluding hydrogens is 318 g/mol. The van der Waals surface area contributed by atoms with Gasteiger partial charge in [0.05, 0.1) is 4.83 Å². The van der Waals surface area contributed by atoms with Crippen LogP contribution in [0.25, 0.3) is 0 Å². The Kier molecular flexibility index (Phi) is 3.66. The predicted octanol–water partition coefficient (Wildman–Crippen LogP) is 4.21. The zero-order valence-electron chi connectivity index (χ0n) is 11.3. The molecule has 2 heterocycles. The van der Waals surface area contributed by atoms with E-state index in [1.54, 1.807) is 0 Å². The van der Waals surface area contributed by atoms with E-state index in [0.29, 0.717) is 6.42 Å². The molecule has 104 valence electrons. The van der Waals surface area contributed by atoms with Crippen LogP contribution in [-0.2, 0) is 17.6 Å². The van der Waals surface area contributed by atoms with Crippen molar-refractivity contribution >= 4 is 27.5 Å². The van der Waals surface area contributed by atoms with E-state index in [1.165, 1.54) is 5.56 Å². The van der Waals surface area contributed by atoms with E-state index in [4.69, 9.17) is 4.42 Å². The molecule has 20 heavy (non-hydrogen) atoms. The van der Waals surface area contributed by atoms with Crippen LogP contribution < -0.4 is 5.32 Å². The summed E-state index contributed by atoms with van der Waals surface area (Å²) in [5.74, 6) is 2.01. The van der Waals surface area contributed by atoms with Crippen molar-refractivity contribution in [3.05, 3.63) is 53.0 Å². The van der Waals surface area contributed by atoms with Gasteiger partial charge in [0.15, 0.2) is 0 Å². The van der Waals surface area contributed by atoms with Gasteiger partial charge < -0.3 is 9.73 Å². The van der Waals surface area contributed by atoms with Gasteiger partial charge in [-0.1, -0.05) is 35.0 Å².